The summed E-state index contributed by atoms with van der Waals surface area (Å²) in [4.78, 5) is 4.37. The SMILES string of the molecule is CN=C(NCCCc1ccc(C(C)C)cc1)NCCc1ccc(S(N)(=O)=O)cc1. The summed E-state index contributed by atoms with van der Waals surface area (Å²) in [6.07, 6.45) is 2.81. The second-order valence-corrected chi connectivity index (χ2v) is 8.93. The summed E-state index contributed by atoms with van der Waals surface area (Å²) in [6, 6.07) is 15.5. The van der Waals surface area contributed by atoms with Gasteiger partial charge in [0.1, 0.15) is 0 Å². The number of hydrogen-bond acceptors (Lipinski definition) is 3. The standard InChI is InChI=1S/C22H32N4O2S/c1-17(2)20-10-6-18(7-11-20)5-4-15-25-22(24-3)26-16-14-19-8-12-21(13-9-19)29(23,27)28/h6-13,17H,4-5,14-16H2,1-3H3,(H2,23,27,28)(H2,24,25,26). The first kappa shape index (κ1) is 22.9. The molecular formula is C22H32N4O2S. The number of nitrogens with zero attached hydrogens (tertiary/aromatic N) is 1. The van der Waals surface area contributed by atoms with Crippen molar-refractivity contribution < 1.29 is 8.42 Å². The Morgan fingerprint density at radius 2 is 1.48 bits per heavy atom. The lowest BCUT2D eigenvalue weighted by Crippen LogP contribution is -2.38. The molecule has 0 aliphatic heterocycles. The second-order valence-electron chi connectivity index (χ2n) is 7.36. The molecule has 0 saturated carbocycles. The molecule has 0 amide bonds. The molecule has 0 heterocycles. The molecule has 0 aromatic heterocycles. The molecule has 158 valence electrons. The summed E-state index contributed by atoms with van der Waals surface area (Å²) in [5.74, 6) is 1.33. The largest absolute Gasteiger partial charge is 0.356 e. The maximum atomic E-state index is 11.3. The average molecular weight is 417 g/mol. The zero-order valence-electron chi connectivity index (χ0n) is 17.5. The lowest BCUT2D eigenvalue weighted by atomic mass is 10.0. The first-order valence-electron chi connectivity index (χ1n) is 9.94. The van der Waals surface area contributed by atoms with Crippen LogP contribution in [0.15, 0.2) is 58.4 Å². The molecule has 0 bridgehead atoms. The number of rotatable bonds is 9. The minimum atomic E-state index is -3.64. The first-order valence-corrected chi connectivity index (χ1v) is 11.5. The van der Waals surface area contributed by atoms with Crippen LogP contribution in [0.1, 0.15) is 42.9 Å². The number of hydrogen-bond donors (Lipinski definition) is 3. The Kier molecular flexibility index (Phi) is 8.67. The second kappa shape index (κ2) is 11.0. The van der Waals surface area contributed by atoms with Gasteiger partial charge in [0, 0.05) is 20.1 Å². The van der Waals surface area contributed by atoms with Crippen molar-refractivity contribution in [1.29, 1.82) is 0 Å². The minimum absolute atomic E-state index is 0.130. The minimum Gasteiger partial charge on any atom is -0.356 e. The highest BCUT2D eigenvalue weighted by atomic mass is 32.2. The topological polar surface area (TPSA) is 96.6 Å². The molecule has 0 aliphatic rings. The number of aryl methyl sites for hydroxylation is 1. The third kappa shape index (κ3) is 7.87. The van der Waals surface area contributed by atoms with Crippen LogP contribution in [0, 0.1) is 0 Å². The van der Waals surface area contributed by atoms with Crippen LogP contribution < -0.4 is 15.8 Å². The fourth-order valence-electron chi connectivity index (χ4n) is 2.96. The van der Waals surface area contributed by atoms with E-state index in [0.717, 1.165) is 37.3 Å². The van der Waals surface area contributed by atoms with Crippen LogP contribution in [0.4, 0.5) is 0 Å². The van der Waals surface area contributed by atoms with E-state index in [1.807, 2.05) is 0 Å². The normalized spacial score (nSPS) is 12.2. The summed E-state index contributed by atoms with van der Waals surface area (Å²) in [5.41, 5.74) is 3.75. The van der Waals surface area contributed by atoms with E-state index in [9.17, 15) is 8.42 Å². The molecule has 29 heavy (non-hydrogen) atoms. The van der Waals surface area contributed by atoms with Crippen molar-refractivity contribution >= 4 is 16.0 Å². The third-order valence-electron chi connectivity index (χ3n) is 4.76. The molecule has 6 nitrogen and oxygen atoms in total. The van der Waals surface area contributed by atoms with E-state index in [-0.39, 0.29) is 4.90 Å². The molecule has 0 aliphatic carbocycles. The molecule has 0 spiro atoms. The third-order valence-corrected chi connectivity index (χ3v) is 5.69. The van der Waals surface area contributed by atoms with Crippen LogP contribution in [0.2, 0.25) is 0 Å². The van der Waals surface area contributed by atoms with E-state index in [1.165, 1.54) is 23.3 Å². The molecule has 2 aromatic carbocycles. The summed E-state index contributed by atoms with van der Waals surface area (Å²) >= 11 is 0. The number of guanidine groups is 1. The van der Waals surface area contributed by atoms with E-state index in [2.05, 4.69) is 53.7 Å². The fraction of sp³-hybridized carbons (Fsp3) is 0.409. The van der Waals surface area contributed by atoms with Crippen molar-refractivity contribution in [3.05, 3.63) is 65.2 Å². The predicted molar refractivity (Wildman–Crippen MR) is 120 cm³/mol. The quantitative estimate of drug-likeness (QED) is 0.333. The Hall–Kier alpha value is -2.38. The fourth-order valence-corrected chi connectivity index (χ4v) is 3.48. The lowest BCUT2D eigenvalue weighted by Gasteiger charge is -2.12. The monoisotopic (exact) mass is 416 g/mol. The summed E-state index contributed by atoms with van der Waals surface area (Å²) in [7, 11) is -1.89. The molecular weight excluding hydrogens is 384 g/mol. The van der Waals surface area contributed by atoms with Gasteiger partial charge in [-0.05, 0) is 54.0 Å². The Bertz CT molecular complexity index is 889. The van der Waals surface area contributed by atoms with Gasteiger partial charge in [-0.1, -0.05) is 50.2 Å². The molecule has 4 N–H and O–H groups in total. The van der Waals surface area contributed by atoms with Crippen LogP contribution in [-0.2, 0) is 22.9 Å². The van der Waals surface area contributed by atoms with Gasteiger partial charge in [-0.2, -0.15) is 0 Å². The molecule has 2 rings (SSSR count). The van der Waals surface area contributed by atoms with Gasteiger partial charge < -0.3 is 10.6 Å². The molecule has 0 radical (unpaired) electrons. The molecule has 0 unspecified atom stereocenters. The van der Waals surface area contributed by atoms with Crippen molar-refractivity contribution in [2.45, 2.75) is 43.9 Å². The lowest BCUT2D eigenvalue weighted by molar-refractivity contribution is 0.598. The van der Waals surface area contributed by atoms with Gasteiger partial charge in [-0.15, -0.1) is 0 Å². The van der Waals surface area contributed by atoms with Gasteiger partial charge in [-0.3, -0.25) is 4.99 Å². The van der Waals surface area contributed by atoms with Gasteiger partial charge in [0.2, 0.25) is 10.0 Å². The summed E-state index contributed by atoms with van der Waals surface area (Å²) in [6.45, 7) is 5.95. The molecule has 7 heteroatoms. The Morgan fingerprint density at radius 3 is 2.03 bits per heavy atom. The summed E-state index contributed by atoms with van der Waals surface area (Å²) in [5, 5.41) is 11.7. The zero-order chi connectivity index (χ0) is 21.3. The Morgan fingerprint density at radius 1 is 0.931 bits per heavy atom. The van der Waals surface area contributed by atoms with Gasteiger partial charge >= 0.3 is 0 Å². The summed E-state index contributed by atoms with van der Waals surface area (Å²) < 4.78 is 22.6. The van der Waals surface area contributed by atoms with Crippen LogP contribution in [0.5, 0.6) is 0 Å². The van der Waals surface area contributed by atoms with Crippen molar-refractivity contribution in [3.63, 3.8) is 0 Å². The maximum Gasteiger partial charge on any atom is 0.238 e. The highest BCUT2D eigenvalue weighted by Gasteiger charge is 2.06. The van der Waals surface area contributed by atoms with Gasteiger partial charge in [0.05, 0.1) is 4.90 Å². The Balaban J connectivity index is 1.68. The van der Waals surface area contributed by atoms with Crippen LogP contribution >= 0.6 is 0 Å². The maximum absolute atomic E-state index is 11.3. The average Bonchev–Trinajstić information content (AvgIpc) is 2.69. The highest BCUT2D eigenvalue weighted by Crippen LogP contribution is 2.15. The van der Waals surface area contributed by atoms with Crippen molar-refractivity contribution in [2.24, 2.45) is 10.1 Å². The van der Waals surface area contributed by atoms with Crippen LogP contribution in [-0.4, -0.2) is 34.5 Å². The Labute approximate surface area is 174 Å². The number of aliphatic imine (C=N–C) groups is 1. The van der Waals surface area contributed by atoms with E-state index in [4.69, 9.17) is 5.14 Å². The first-order chi connectivity index (χ1) is 13.8. The highest BCUT2D eigenvalue weighted by molar-refractivity contribution is 7.89. The number of primary sulfonamides is 1. The molecule has 2 aromatic rings. The van der Waals surface area contributed by atoms with Gasteiger partial charge in [0.25, 0.3) is 0 Å². The number of sulfonamides is 1. The van der Waals surface area contributed by atoms with Gasteiger partial charge in [0.15, 0.2) is 5.96 Å². The number of benzene rings is 2. The zero-order valence-corrected chi connectivity index (χ0v) is 18.3. The molecule has 0 fully saturated rings. The van der Waals surface area contributed by atoms with E-state index < -0.39 is 10.0 Å². The number of nitrogens with two attached hydrogens (primary N) is 1. The smallest absolute Gasteiger partial charge is 0.238 e. The molecule has 0 atom stereocenters. The van der Waals surface area contributed by atoms with E-state index in [1.54, 1.807) is 19.2 Å². The van der Waals surface area contributed by atoms with E-state index >= 15 is 0 Å². The van der Waals surface area contributed by atoms with Gasteiger partial charge in [-0.25, -0.2) is 13.6 Å². The van der Waals surface area contributed by atoms with E-state index in [0.29, 0.717) is 12.5 Å². The van der Waals surface area contributed by atoms with Crippen LogP contribution in [0.3, 0.4) is 0 Å². The predicted octanol–water partition coefficient (Wildman–Crippen LogP) is 2.80. The van der Waals surface area contributed by atoms with Crippen LogP contribution in [0.25, 0.3) is 0 Å². The van der Waals surface area contributed by atoms with Crippen molar-refractivity contribution in [3.8, 4) is 0 Å². The van der Waals surface area contributed by atoms with Crippen molar-refractivity contribution in [2.75, 3.05) is 20.1 Å². The van der Waals surface area contributed by atoms with Crippen molar-refractivity contribution in [1.82, 2.24) is 10.6 Å². The number of nitrogens with one attached hydrogen (secondary N) is 2. The molecule has 0 saturated heterocycles.